The fourth-order valence-electron chi connectivity index (χ4n) is 0.804. The van der Waals surface area contributed by atoms with Gasteiger partial charge in [-0.1, -0.05) is 12.2 Å². The largest absolute Gasteiger partial charge is 0.345 e. The van der Waals surface area contributed by atoms with Crippen molar-refractivity contribution in [2.24, 2.45) is 0 Å². The Bertz CT molecular complexity index is 401. The van der Waals surface area contributed by atoms with Gasteiger partial charge in [0, 0.05) is 16.1 Å². The molecule has 2 nitrogen and oxygen atoms in total. The first-order valence-electron chi connectivity index (χ1n) is 2.77. The average molecular weight is 168 g/mol. The molecule has 0 spiro atoms. The van der Waals surface area contributed by atoms with E-state index in [1.54, 1.807) is 17.7 Å². The fraction of sp³-hybridized carbons (Fsp3) is 0. The molecule has 0 aliphatic rings. The van der Waals surface area contributed by atoms with Crippen LogP contribution in [0.5, 0.6) is 0 Å². The van der Waals surface area contributed by atoms with E-state index in [0.717, 1.165) is 10.9 Å². The second-order valence-corrected chi connectivity index (χ2v) is 3.04. The Morgan fingerprint density at radius 2 is 2.40 bits per heavy atom. The summed E-state index contributed by atoms with van der Waals surface area (Å²) in [5.74, 6) is 0. The molecule has 0 aliphatic heterocycles. The maximum absolute atomic E-state index is 4.98. The highest BCUT2D eigenvalue weighted by molar-refractivity contribution is 7.71. The Kier molecular flexibility index (Phi) is 1.28. The van der Waals surface area contributed by atoms with Crippen molar-refractivity contribution in [3.05, 3.63) is 21.7 Å². The molecule has 10 heavy (non-hydrogen) atoms. The van der Waals surface area contributed by atoms with Crippen LogP contribution in [0.15, 0.2) is 17.1 Å². The number of nitrogens with one attached hydrogen (secondary N) is 1. The first-order valence-corrected chi connectivity index (χ1v) is 4.12. The predicted molar refractivity (Wildman–Crippen MR) is 44.8 cm³/mol. The quantitative estimate of drug-likeness (QED) is 0.612. The highest BCUT2D eigenvalue weighted by Gasteiger charge is 1.93. The van der Waals surface area contributed by atoms with Gasteiger partial charge in [0.2, 0.25) is 0 Å². The molecule has 50 valence electrons. The van der Waals surface area contributed by atoms with E-state index >= 15 is 0 Å². The number of hydrogen-bond donors (Lipinski definition) is 1. The monoisotopic (exact) mass is 168 g/mol. The third-order valence-corrected chi connectivity index (χ3v) is 2.36. The Morgan fingerprint density at radius 3 is 3.20 bits per heavy atom. The lowest BCUT2D eigenvalue weighted by atomic mass is 10.4. The predicted octanol–water partition coefficient (Wildman–Crippen LogP) is 2.35. The van der Waals surface area contributed by atoms with Crippen LogP contribution in [0.1, 0.15) is 0 Å². The van der Waals surface area contributed by atoms with Crippen molar-refractivity contribution in [3.63, 3.8) is 0 Å². The van der Waals surface area contributed by atoms with E-state index < -0.39 is 0 Å². The van der Waals surface area contributed by atoms with Gasteiger partial charge in [0.05, 0.1) is 11.8 Å². The molecule has 0 atom stereocenters. The molecule has 0 bridgehead atoms. The molecule has 2 aromatic heterocycles. The lowest BCUT2D eigenvalue weighted by Gasteiger charge is -1.85. The van der Waals surface area contributed by atoms with Gasteiger partial charge in [0.15, 0.2) is 0 Å². The number of rotatable bonds is 0. The van der Waals surface area contributed by atoms with Gasteiger partial charge in [-0.25, -0.2) is 4.98 Å². The summed E-state index contributed by atoms with van der Waals surface area (Å²) < 4.78 is 0.676. The third kappa shape index (κ3) is 0.767. The van der Waals surface area contributed by atoms with Crippen molar-refractivity contribution in [3.8, 4) is 0 Å². The number of aromatic amines is 1. The third-order valence-electron chi connectivity index (χ3n) is 1.29. The van der Waals surface area contributed by atoms with Gasteiger partial charge in [-0.05, 0) is 0 Å². The van der Waals surface area contributed by atoms with Crippen LogP contribution in [0.4, 0.5) is 0 Å². The van der Waals surface area contributed by atoms with Gasteiger partial charge >= 0.3 is 0 Å². The Balaban J connectivity index is 3.09. The van der Waals surface area contributed by atoms with Crippen LogP contribution in [0.2, 0.25) is 0 Å². The highest BCUT2D eigenvalue weighted by Crippen LogP contribution is 2.15. The highest BCUT2D eigenvalue weighted by atomic mass is 32.1. The zero-order valence-electron chi connectivity index (χ0n) is 5.00. The van der Waals surface area contributed by atoms with Crippen molar-refractivity contribution >= 4 is 34.5 Å². The first kappa shape index (κ1) is 6.00. The van der Waals surface area contributed by atoms with Crippen LogP contribution < -0.4 is 0 Å². The smallest absolute Gasteiger partial charge is 0.138 e. The van der Waals surface area contributed by atoms with Crippen molar-refractivity contribution < 1.29 is 0 Å². The second-order valence-electron chi connectivity index (χ2n) is 1.91. The summed E-state index contributed by atoms with van der Waals surface area (Å²) in [5.41, 5.74) is 1.07. The van der Waals surface area contributed by atoms with Gasteiger partial charge in [0.1, 0.15) is 4.64 Å². The Morgan fingerprint density at radius 1 is 1.50 bits per heavy atom. The Hall–Kier alpha value is -0.740. The van der Waals surface area contributed by atoms with Crippen LogP contribution >= 0.6 is 23.6 Å². The first-order chi connectivity index (χ1) is 4.88. The minimum atomic E-state index is 0.676. The van der Waals surface area contributed by atoms with Crippen LogP contribution in [0.25, 0.3) is 10.9 Å². The summed E-state index contributed by atoms with van der Waals surface area (Å²) in [4.78, 5) is 6.95. The standard InChI is InChI=1S/C6H4N2S2/c9-6-4-1-10-2-5(4)7-3-8-6/h1-3H,(H,7,8,9). The molecule has 0 fully saturated rings. The summed E-state index contributed by atoms with van der Waals surface area (Å²) in [6, 6.07) is 0. The molecule has 1 N–H and O–H groups in total. The van der Waals surface area contributed by atoms with Crippen molar-refractivity contribution in [2.75, 3.05) is 0 Å². The van der Waals surface area contributed by atoms with E-state index in [9.17, 15) is 0 Å². The average Bonchev–Trinajstić information content (AvgIpc) is 2.36. The lowest BCUT2D eigenvalue weighted by Crippen LogP contribution is -1.76. The lowest BCUT2D eigenvalue weighted by molar-refractivity contribution is 1.21. The zero-order valence-corrected chi connectivity index (χ0v) is 6.63. The number of H-pyrrole nitrogens is 1. The van der Waals surface area contributed by atoms with Crippen LogP contribution in [0.3, 0.4) is 0 Å². The van der Waals surface area contributed by atoms with E-state index in [0.29, 0.717) is 4.64 Å². The second kappa shape index (κ2) is 2.14. The molecule has 0 saturated carbocycles. The zero-order chi connectivity index (χ0) is 6.97. The normalized spacial score (nSPS) is 10.4. The fourth-order valence-corrected chi connectivity index (χ4v) is 1.87. The topological polar surface area (TPSA) is 28.7 Å². The van der Waals surface area contributed by atoms with Gasteiger partial charge < -0.3 is 4.98 Å². The molecule has 0 amide bonds. The van der Waals surface area contributed by atoms with E-state index in [1.807, 2.05) is 10.8 Å². The minimum Gasteiger partial charge on any atom is -0.345 e. The molecule has 2 heterocycles. The summed E-state index contributed by atoms with van der Waals surface area (Å²) in [6.07, 6.45) is 1.62. The van der Waals surface area contributed by atoms with E-state index in [1.165, 1.54) is 0 Å². The molecule has 2 aromatic rings. The van der Waals surface area contributed by atoms with Gasteiger partial charge in [-0.2, -0.15) is 0 Å². The molecule has 0 aliphatic carbocycles. The maximum Gasteiger partial charge on any atom is 0.138 e. The van der Waals surface area contributed by atoms with E-state index in [4.69, 9.17) is 12.2 Å². The molecule has 0 saturated heterocycles. The van der Waals surface area contributed by atoms with Crippen molar-refractivity contribution in [2.45, 2.75) is 0 Å². The van der Waals surface area contributed by atoms with E-state index in [-0.39, 0.29) is 0 Å². The number of thiophene rings is 1. The van der Waals surface area contributed by atoms with Crippen LogP contribution in [0, 0.1) is 4.64 Å². The summed E-state index contributed by atoms with van der Waals surface area (Å²) in [5, 5.41) is 5.07. The number of aromatic nitrogens is 2. The SMILES string of the molecule is S=c1nc[nH]c2cscc12. The Labute approximate surface area is 66.6 Å². The van der Waals surface area contributed by atoms with E-state index in [2.05, 4.69) is 9.97 Å². The molecular formula is C6H4N2S2. The van der Waals surface area contributed by atoms with Crippen LogP contribution in [-0.2, 0) is 0 Å². The van der Waals surface area contributed by atoms with Gasteiger partial charge in [0.25, 0.3) is 0 Å². The number of nitrogens with zero attached hydrogens (tertiary/aromatic N) is 1. The van der Waals surface area contributed by atoms with Gasteiger partial charge in [-0.15, -0.1) is 11.3 Å². The summed E-state index contributed by atoms with van der Waals surface area (Å²) >= 11 is 6.61. The number of fused-ring (bicyclic) bond motifs is 1. The molecule has 0 unspecified atom stereocenters. The van der Waals surface area contributed by atoms with Gasteiger partial charge in [-0.3, -0.25) is 0 Å². The minimum absolute atomic E-state index is 0.676. The maximum atomic E-state index is 4.98. The molecule has 4 heteroatoms. The number of hydrogen-bond acceptors (Lipinski definition) is 3. The van der Waals surface area contributed by atoms with Crippen molar-refractivity contribution in [1.82, 2.24) is 9.97 Å². The van der Waals surface area contributed by atoms with Crippen LogP contribution in [-0.4, -0.2) is 9.97 Å². The molecule has 2 rings (SSSR count). The van der Waals surface area contributed by atoms with Crippen molar-refractivity contribution in [1.29, 1.82) is 0 Å². The molecular weight excluding hydrogens is 164 g/mol. The summed E-state index contributed by atoms with van der Waals surface area (Å²) in [6.45, 7) is 0. The summed E-state index contributed by atoms with van der Waals surface area (Å²) in [7, 11) is 0. The molecule has 0 aromatic carbocycles. The molecule has 0 radical (unpaired) electrons.